The molecular weight excluding hydrogens is 410 g/mol. The Morgan fingerprint density at radius 2 is 2.12 bits per heavy atom. The van der Waals surface area contributed by atoms with Crippen LogP contribution in [0.3, 0.4) is 0 Å². The molecule has 0 radical (unpaired) electrons. The van der Waals surface area contributed by atoms with Crippen LogP contribution in [0.5, 0.6) is 0 Å². The van der Waals surface area contributed by atoms with Gasteiger partial charge in [0, 0.05) is 17.3 Å². The summed E-state index contributed by atoms with van der Waals surface area (Å²) in [6.45, 7) is 1.95. The van der Waals surface area contributed by atoms with Crippen LogP contribution < -0.4 is 5.32 Å². The Morgan fingerprint density at radius 3 is 2.76 bits per heavy atom. The summed E-state index contributed by atoms with van der Waals surface area (Å²) in [5, 5.41) is 8.13. The van der Waals surface area contributed by atoms with Crippen molar-refractivity contribution in [1.82, 2.24) is 5.01 Å². The van der Waals surface area contributed by atoms with Crippen LogP contribution in [0, 0.1) is 6.92 Å². The molecule has 25 heavy (non-hydrogen) atoms. The van der Waals surface area contributed by atoms with Crippen LogP contribution in [0.4, 0.5) is 5.69 Å². The fourth-order valence-corrected chi connectivity index (χ4v) is 5.19. The van der Waals surface area contributed by atoms with Crippen molar-refractivity contribution < 1.29 is 18.0 Å². The number of rotatable bonds is 3. The van der Waals surface area contributed by atoms with Crippen molar-refractivity contribution in [2.45, 2.75) is 32.2 Å². The Kier molecular flexibility index (Phi) is 4.97. The summed E-state index contributed by atoms with van der Waals surface area (Å²) in [5.41, 5.74) is 1.90. The SMILES string of the molecule is Cc1ccc(NC(=O)C2=NN(C3CCS(=O)(=O)C3)C(=O)CC2)c(Br)c1. The summed E-state index contributed by atoms with van der Waals surface area (Å²) in [4.78, 5) is 24.6. The minimum absolute atomic E-state index is 0.0504. The number of nitrogens with one attached hydrogen (secondary N) is 1. The van der Waals surface area contributed by atoms with Crippen molar-refractivity contribution in [2.24, 2.45) is 5.10 Å². The predicted molar refractivity (Wildman–Crippen MR) is 98.1 cm³/mol. The van der Waals surface area contributed by atoms with Crippen molar-refractivity contribution in [3.8, 4) is 0 Å². The molecule has 0 spiro atoms. The summed E-state index contributed by atoms with van der Waals surface area (Å²) in [5.74, 6) is -0.673. The fourth-order valence-electron chi connectivity index (χ4n) is 2.90. The first-order valence-electron chi connectivity index (χ1n) is 7.92. The fraction of sp³-hybridized carbons (Fsp3) is 0.438. The minimum atomic E-state index is -3.13. The number of hydrazone groups is 1. The van der Waals surface area contributed by atoms with E-state index in [1.165, 1.54) is 5.01 Å². The average Bonchev–Trinajstić information content (AvgIpc) is 2.90. The van der Waals surface area contributed by atoms with E-state index in [0.29, 0.717) is 12.1 Å². The third kappa shape index (κ3) is 4.09. The molecule has 1 unspecified atom stereocenters. The molecule has 2 aliphatic rings. The minimum Gasteiger partial charge on any atom is -0.320 e. The van der Waals surface area contributed by atoms with Crippen LogP contribution in [0.1, 0.15) is 24.8 Å². The standard InChI is InChI=1S/C16H18BrN3O4S/c1-10-2-3-13(12(17)8-10)18-16(22)14-4-5-15(21)20(19-14)11-6-7-25(23,24)9-11/h2-3,8,11H,4-7,9H2,1H3,(H,18,22). The van der Waals surface area contributed by atoms with E-state index in [9.17, 15) is 18.0 Å². The van der Waals surface area contributed by atoms with E-state index in [-0.39, 0.29) is 41.9 Å². The van der Waals surface area contributed by atoms with E-state index in [4.69, 9.17) is 0 Å². The monoisotopic (exact) mass is 427 g/mol. The van der Waals surface area contributed by atoms with E-state index >= 15 is 0 Å². The molecule has 2 aliphatic heterocycles. The number of hydrogen-bond donors (Lipinski definition) is 1. The first kappa shape index (κ1) is 18.1. The van der Waals surface area contributed by atoms with E-state index < -0.39 is 15.9 Å². The molecule has 0 saturated carbocycles. The summed E-state index contributed by atoms with van der Waals surface area (Å²) >= 11 is 3.40. The molecule has 1 aromatic carbocycles. The molecule has 1 atom stereocenters. The number of anilines is 1. The smallest absolute Gasteiger partial charge is 0.271 e. The van der Waals surface area contributed by atoms with Gasteiger partial charge in [-0.15, -0.1) is 0 Å². The van der Waals surface area contributed by atoms with Crippen LogP contribution in [0.2, 0.25) is 0 Å². The van der Waals surface area contributed by atoms with Gasteiger partial charge in [0.2, 0.25) is 5.91 Å². The number of carbonyl (C=O) groups excluding carboxylic acids is 2. The van der Waals surface area contributed by atoms with Gasteiger partial charge in [0.1, 0.15) is 5.71 Å². The van der Waals surface area contributed by atoms with Crippen LogP contribution in [0.15, 0.2) is 27.8 Å². The molecule has 1 aromatic rings. The number of nitrogens with zero attached hydrogens (tertiary/aromatic N) is 2. The number of halogens is 1. The molecule has 0 bridgehead atoms. The largest absolute Gasteiger partial charge is 0.320 e. The van der Waals surface area contributed by atoms with Gasteiger partial charge in [-0.05, 0) is 47.0 Å². The Balaban J connectivity index is 1.77. The second-order valence-electron chi connectivity index (χ2n) is 6.28. The molecule has 7 nitrogen and oxygen atoms in total. The summed E-state index contributed by atoms with van der Waals surface area (Å²) in [6, 6.07) is 5.07. The molecule has 9 heteroatoms. The number of carbonyl (C=O) groups is 2. The zero-order valence-electron chi connectivity index (χ0n) is 13.7. The van der Waals surface area contributed by atoms with Gasteiger partial charge >= 0.3 is 0 Å². The first-order chi connectivity index (χ1) is 11.7. The molecule has 0 aromatic heterocycles. The summed E-state index contributed by atoms with van der Waals surface area (Å²) in [6.07, 6.45) is 0.748. The Morgan fingerprint density at radius 1 is 1.36 bits per heavy atom. The second kappa shape index (κ2) is 6.87. The third-order valence-electron chi connectivity index (χ3n) is 4.25. The third-order valence-corrected chi connectivity index (χ3v) is 6.66. The van der Waals surface area contributed by atoms with Gasteiger partial charge in [-0.25, -0.2) is 13.4 Å². The average molecular weight is 428 g/mol. The maximum atomic E-state index is 12.5. The van der Waals surface area contributed by atoms with Gasteiger partial charge in [-0.1, -0.05) is 6.07 Å². The Hall–Kier alpha value is -1.74. The molecular formula is C16H18BrN3O4S. The molecule has 1 saturated heterocycles. The number of amides is 2. The Labute approximate surface area is 154 Å². The molecule has 2 heterocycles. The zero-order valence-corrected chi connectivity index (χ0v) is 16.1. The van der Waals surface area contributed by atoms with E-state index in [1.807, 2.05) is 19.1 Å². The lowest BCUT2D eigenvalue weighted by atomic mass is 10.1. The van der Waals surface area contributed by atoms with Gasteiger partial charge in [-0.3, -0.25) is 9.59 Å². The van der Waals surface area contributed by atoms with E-state index in [1.54, 1.807) is 6.07 Å². The Bertz CT molecular complexity index is 866. The van der Waals surface area contributed by atoms with Crippen LogP contribution in [-0.2, 0) is 19.4 Å². The molecule has 1 fully saturated rings. The lowest BCUT2D eigenvalue weighted by Gasteiger charge is -2.27. The number of aryl methyl sites for hydroxylation is 1. The quantitative estimate of drug-likeness (QED) is 0.795. The van der Waals surface area contributed by atoms with Crippen molar-refractivity contribution in [2.75, 3.05) is 16.8 Å². The first-order valence-corrected chi connectivity index (χ1v) is 10.5. The van der Waals surface area contributed by atoms with Crippen molar-refractivity contribution in [3.63, 3.8) is 0 Å². The highest BCUT2D eigenvalue weighted by atomic mass is 79.9. The summed E-state index contributed by atoms with van der Waals surface area (Å²) < 4.78 is 24.0. The van der Waals surface area contributed by atoms with Crippen LogP contribution in [0.25, 0.3) is 0 Å². The van der Waals surface area contributed by atoms with E-state index in [0.717, 1.165) is 10.0 Å². The highest BCUT2D eigenvalue weighted by molar-refractivity contribution is 9.10. The van der Waals surface area contributed by atoms with Crippen molar-refractivity contribution in [3.05, 3.63) is 28.2 Å². The molecule has 2 amide bonds. The topological polar surface area (TPSA) is 95.9 Å². The molecule has 1 N–H and O–H groups in total. The van der Waals surface area contributed by atoms with Crippen LogP contribution >= 0.6 is 15.9 Å². The van der Waals surface area contributed by atoms with Crippen LogP contribution in [-0.4, -0.2) is 48.5 Å². The summed E-state index contributed by atoms with van der Waals surface area (Å²) in [7, 11) is -3.13. The van der Waals surface area contributed by atoms with E-state index in [2.05, 4.69) is 26.3 Å². The van der Waals surface area contributed by atoms with Crippen molar-refractivity contribution >= 4 is 49.0 Å². The maximum absolute atomic E-state index is 12.5. The van der Waals surface area contributed by atoms with Gasteiger partial charge in [-0.2, -0.15) is 5.10 Å². The highest BCUT2D eigenvalue weighted by Crippen LogP contribution is 2.25. The lowest BCUT2D eigenvalue weighted by molar-refractivity contribution is -0.133. The predicted octanol–water partition coefficient (Wildman–Crippen LogP) is 1.86. The maximum Gasteiger partial charge on any atom is 0.271 e. The number of hydrogen-bond acceptors (Lipinski definition) is 5. The van der Waals surface area contributed by atoms with Gasteiger partial charge in [0.25, 0.3) is 5.91 Å². The second-order valence-corrected chi connectivity index (χ2v) is 9.36. The molecule has 134 valence electrons. The van der Waals surface area contributed by atoms with Gasteiger partial charge in [0.15, 0.2) is 9.84 Å². The van der Waals surface area contributed by atoms with Gasteiger partial charge < -0.3 is 5.32 Å². The highest BCUT2D eigenvalue weighted by Gasteiger charge is 2.37. The molecule has 3 rings (SSSR count). The number of benzene rings is 1. The zero-order chi connectivity index (χ0) is 18.2. The lowest BCUT2D eigenvalue weighted by Crippen LogP contribution is -2.42. The normalized spacial score (nSPS) is 22.6. The van der Waals surface area contributed by atoms with Gasteiger partial charge in [0.05, 0.1) is 23.2 Å². The van der Waals surface area contributed by atoms with Crippen molar-refractivity contribution in [1.29, 1.82) is 0 Å². The number of sulfone groups is 1. The molecule has 0 aliphatic carbocycles.